The van der Waals surface area contributed by atoms with Gasteiger partial charge in [0.05, 0.1) is 12.7 Å². The zero-order valence-electron chi connectivity index (χ0n) is 17.4. The van der Waals surface area contributed by atoms with Crippen molar-refractivity contribution in [2.24, 2.45) is 34.0 Å². The molecule has 1 heterocycles. The van der Waals surface area contributed by atoms with Crippen LogP contribution >= 0.6 is 0 Å². The lowest BCUT2D eigenvalue weighted by molar-refractivity contribution is -0.352. The van der Waals surface area contributed by atoms with Crippen LogP contribution in [0.4, 0.5) is 0 Å². The molecular weight excluding hydrogens is 340 g/mol. The Hall–Kier alpha value is -0.450. The van der Waals surface area contributed by atoms with E-state index in [2.05, 4.69) is 13.8 Å². The van der Waals surface area contributed by atoms with Crippen LogP contribution in [-0.4, -0.2) is 35.5 Å². The highest BCUT2D eigenvalue weighted by molar-refractivity contribution is 5.63. The highest BCUT2D eigenvalue weighted by Crippen LogP contribution is 2.75. The molecule has 4 nitrogen and oxygen atoms in total. The number of aldehydes is 1. The quantitative estimate of drug-likeness (QED) is 0.700. The monoisotopic (exact) mass is 376 g/mol. The number of ether oxygens (including phenoxy) is 2. The van der Waals surface area contributed by atoms with E-state index in [0.717, 1.165) is 38.6 Å². The predicted molar refractivity (Wildman–Crippen MR) is 102 cm³/mol. The van der Waals surface area contributed by atoms with Gasteiger partial charge in [-0.1, -0.05) is 13.8 Å². The molecule has 1 spiro atoms. The summed E-state index contributed by atoms with van der Waals surface area (Å²) in [6, 6.07) is 0. The molecule has 5 fully saturated rings. The van der Waals surface area contributed by atoms with Gasteiger partial charge >= 0.3 is 0 Å². The first-order chi connectivity index (χ1) is 12.6. The molecule has 1 aliphatic heterocycles. The topological polar surface area (TPSA) is 55.8 Å². The third kappa shape index (κ3) is 2.18. The fraction of sp³-hybridized carbons (Fsp3) is 0.957. The van der Waals surface area contributed by atoms with Crippen molar-refractivity contribution in [3.8, 4) is 0 Å². The Morgan fingerprint density at radius 3 is 2.52 bits per heavy atom. The minimum absolute atomic E-state index is 0.0682. The van der Waals surface area contributed by atoms with Crippen LogP contribution in [0.15, 0.2) is 0 Å². The first kappa shape index (κ1) is 18.6. The summed E-state index contributed by atoms with van der Waals surface area (Å²) in [4.78, 5) is 11.7. The molecule has 4 heteroatoms. The van der Waals surface area contributed by atoms with Crippen LogP contribution in [0.2, 0.25) is 0 Å². The van der Waals surface area contributed by atoms with Crippen LogP contribution in [0.5, 0.6) is 0 Å². The molecule has 1 N–H and O–H groups in total. The van der Waals surface area contributed by atoms with E-state index in [9.17, 15) is 9.90 Å². The normalized spacial score (nSPS) is 58.7. The molecule has 5 aliphatic rings. The van der Waals surface area contributed by atoms with Crippen molar-refractivity contribution >= 4 is 6.29 Å². The fourth-order valence-corrected chi connectivity index (χ4v) is 8.70. The summed E-state index contributed by atoms with van der Waals surface area (Å²) in [6.07, 6.45) is 9.64. The van der Waals surface area contributed by atoms with Crippen LogP contribution in [0.1, 0.15) is 79.1 Å². The molecule has 0 amide bonds. The molecular formula is C23H36O4. The Morgan fingerprint density at radius 2 is 1.78 bits per heavy atom. The van der Waals surface area contributed by atoms with Crippen molar-refractivity contribution in [1.82, 2.24) is 0 Å². The molecule has 152 valence electrons. The van der Waals surface area contributed by atoms with Crippen molar-refractivity contribution in [2.45, 2.75) is 96.6 Å². The number of rotatable bonds is 1. The van der Waals surface area contributed by atoms with Gasteiger partial charge in [0.25, 0.3) is 0 Å². The third-order valence-corrected chi connectivity index (χ3v) is 10.2. The van der Waals surface area contributed by atoms with Crippen molar-refractivity contribution < 1.29 is 19.4 Å². The Bertz CT molecular complexity index is 661. The van der Waals surface area contributed by atoms with Gasteiger partial charge in [-0.25, -0.2) is 0 Å². The Kier molecular flexibility index (Phi) is 3.69. The third-order valence-electron chi connectivity index (χ3n) is 10.2. The highest BCUT2D eigenvalue weighted by atomic mass is 16.7. The molecule has 4 saturated carbocycles. The van der Waals surface area contributed by atoms with Gasteiger partial charge in [0, 0.05) is 5.41 Å². The van der Waals surface area contributed by atoms with E-state index in [-0.39, 0.29) is 28.3 Å². The summed E-state index contributed by atoms with van der Waals surface area (Å²) in [5.41, 5.74) is -0.458. The van der Waals surface area contributed by atoms with Crippen LogP contribution in [-0.2, 0) is 14.3 Å². The van der Waals surface area contributed by atoms with E-state index in [1.807, 2.05) is 13.8 Å². The first-order valence-electron chi connectivity index (χ1n) is 11.1. The SMILES string of the molecule is CC1(C)OC[C@]2(C)[C@@H](CC[C@@]3(C)[C@H]2CC[C@H]2C[C@@H]4C[C@@]23CC[C@]4(O)C=O)O1. The number of aliphatic hydroxyl groups is 1. The molecule has 5 rings (SSSR count). The molecule has 1 saturated heterocycles. The fourth-order valence-electron chi connectivity index (χ4n) is 8.70. The number of fused-ring (bicyclic) bond motifs is 4. The zero-order valence-corrected chi connectivity index (χ0v) is 17.4. The Labute approximate surface area is 163 Å². The van der Waals surface area contributed by atoms with Crippen molar-refractivity contribution in [1.29, 1.82) is 0 Å². The van der Waals surface area contributed by atoms with E-state index in [1.165, 1.54) is 19.3 Å². The molecule has 2 bridgehead atoms. The van der Waals surface area contributed by atoms with E-state index < -0.39 is 11.4 Å². The minimum atomic E-state index is -1.07. The summed E-state index contributed by atoms with van der Waals surface area (Å²) in [5.74, 6) is 0.946. The first-order valence-corrected chi connectivity index (χ1v) is 11.1. The average molecular weight is 377 g/mol. The smallest absolute Gasteiger partial charge is 0.163 e. The van der Waals surface area contributed by atoms with Crippen LogP contribution in [0.3, 0.4) is 0 Å². The lowest BCUT2D eigenvalue weighted by Crippen LogP contribution is -2.66. The van der Waals surface area contributed by atoms with Gasteiger partial charge in [0.15, 0.2) is 12.1 Å². The summed E-state index contributed by atoms with van der Waals surface area (Å²) < 4.78 is 12.6. The van der Waals surface area contributed by atoms with Crippen molar-refractivity contribution in [3.63, 3.8) is 0 Å². The standard InChI is InChI=1S/C23H36O4/c1-19(2)26-14-20(3)17-6-5-15-11-16-12-22(15,9-10-23(16,25)13-24)21(17,4)8-7-18(20)27-19/h13,15-18,25H,5-12,14H2,1-4H3/t15-,16+,17-,18+,20-,21-,22-,23-/m0/s1. The van der Waals surface area contributed by atoms with Gasteiger partial charge in [-0.15, -0.1) is 0 Å². The molecule has 27 heavy (non-hydrogen) atoms. The van der Waals surface area contributed by atoms with E-state index in [1.54, 1.807) is 0 Å². The summed E-state index contributed by atoms with van der Waals surface area (Å²) in [6.45, 7) is 9.81. The second kappa shape index (κ2) is 5.37. The zero-order chi connectivity index (χ0) is 19.3. The van der Waals surface area contributed by atoms with Gasteiger partial charge < -0.3 is 19.4 Å². The summed E-state index contributed by atoms with van der Waals surface area (Å²) >= 11 is 0. The number of carbonyl (C=O) groups is 1. The van der Waals surface area contributed by atoms with Gasteiger partial charge in [-0.05, 0) is 93.8 Å². The van der Waals surface area contributed by atoms with Gasteiger partial charge in [0.1, 0.15) is 5.60 Å². The lowest BCUT2D eigenvalue weighted by Gasteiger charge is -2.68. The van der Waals surface area contributed by atoms with Crippen LogP contribution in [0, 0.1) is 34.0 Å². The molecule has 0 aromatic rings. The molecule has 0 aromatic heterocycles. The lowest BCUT2D eigenvalue weighted by atomic mass is 9.39. The van der Waals surface area contributed by atoms with Crippen LogP contribution < -0.4 is 0 Å². The predicted octanol–water partition coefficient (Wildman–Crippen LogP) is 4.09. The largest absolute Gasteiger partial charge is 0.382 e. The van der Waals surface area contributed by atoms with E-state index >= 15 is 0 Å². The van der Waals surface area contributed by atoms with Crippen LogP contribution in [0.25, 0.3) is 0 Å². The Morgan fingerprint density at radius 1 is 1.00 bits per heavy atom. The number of hydrogen-bond donors (Lipinski definition) is 1. The molecule has 4 aliphatic carbocycles. The molecule has 0 radical (unpaired) electrons. The average Bonchev–Trinajstić information content (AvgIpc) is 2.97. The second-order valence-electron chi connectivity index (χ2n) is 11.5. The molecule has 8 atom stereocenters. The highest BCUT2D eigenvalue weighted by Gasteiger charge is 2.71. The van der Waals surface area contributed by atoms with Gasteiger partial charge in [0.2, 0.25) is 0 Å². The van der Waals surface area contributed by atoms with E-state index in [4.69, 9.17) is 9.47 Å². The van der Waals surface area contributed by atoms with Gasteiger partial charge in [-0.2, -0.15) is 0 Å². The second-order valence-corrected chi connectivity index (χ2v) is 11.5. The maximum atomic E-state index is 11.7. The van der Waals surface area contributed by atoms with Gasteiger partial charge in [-0.3, -0.25) is 0 Å². The van der Waals surface area contributed by atoms with Crippen molar-refractivity contribution in [2.75, 3.05) is 6.61 Å². The molecule has 0 unspecified atom stereocenters. The van der Waals surface area contributed by atoms with Crippen molar-refractivity contribution in [3.05, 3.63) is 0 Å². The maximum Gasteiger partial charge on any atom is 0.163 e. The minimum Gasteiger partial charge on any atom is -0.382 e. The Balaban J connectivity index is 1.52. The molecule has 0 aromatic carbocycles. The van der Waals surface area contributed by atoms with E-state index in [0.29, 0.717) is 18.3 Å². The summed E-state index contributed by atoms with van der Waals surface area (Å²) in [5, 5.41) is 10.9. The summed E-state index contributed by atoms with van der Waals surface area (Å²) in [7, 11) is 0. The maximum absolute atomic E-state index is 11.7. The number of carbonyl (C=O) groups excluding carboxylic acids is 1. The number of hydrogen-bond acceptors (Lipinski definition) is 4.